The number of pyridine rings is 5. The van der Waals surface area contributed by atoms with Crippen molar-refractivity contribution < 1.29 is 26.3 Å². The van der Waals surface area contributed by atoms with Crippen LogP contribution in [0.3, 0.4) is 0 Å². The minimum Gasteiger partial charge on any atom is -0.381 e. The molecule has 0 amide bonds. The molecule has 0 saturated heterocycles. The van der Waals surface area contributed by atoms with Crippen LogP contribution in [0.25, 0.3) is 167 Å². The molecule has 0 saturated carbocycles. The van der Waals surface area contributed by atoms with Crippen molar-refractivity contribution in [2.24, 2.45) is 0 Å². The lowest BCUT2D eigenvalue weighted by Gasteiger charge is -2.14. The average molecular weight is 1900 g/mol. The topological polar surface area (TPSA) is 442 Å². The van der Waals surface area contributed by atoms with Gasteiger partial charge in [0.2, 0.25) is 0 Å². The molecular formula is C105H66Cl3F6N25. The Labute approximate surface area is 802 Å². The van der Waals surface area contributed by atoms with Gasteiger partial charge in [-0.15, -0.1) is 0 Å². The molecule has 0 fully saturated rings. The van der Waals surface area contributed by atoms with Crippen LogP contribution in [0.1, 0.15) is 64.9 Å². The van der Waals surface area contributed by atoms with Crippen molar-refractivity contribution in [3.8, 4) is 143 Å². The summed E-state index contributed by atoms with van der Waals surface area (Å²) in [7, 11) is 0. The van der Waals surface area contributed by atoms with E-state index in [1.54, 1.807) is 110 Å². The Hall–Kier alpha value is -18.5. The number of fused-ring (bicyclic) bond motifs is 5. The standard InChI is InChI=1S/C23H17ClFN5.2C21H13ClFN5.C20H11F2N5.C20H12FN5/c1-12(2)16-7-8-28-22-17(16)9-14(10-18(22)24)21-20(13-3-5-15(25)6-4-13)30-23(27)19(11-26)29-21;1-11-6-7-26-20-15(11)8-13(9-16(20)22)19-18(12-2-4-14(23)5-3-12)28-21(25)17(10-24)27-19;1-11-14-3-2-8-26-19(14)16(22)9-15(11)20-18(12-4-6-13(23)7-5-12)28-21(25)17(10-24)27-20;21-14-5-3-11(4-6-14)18-19(26-16(10-23)20(24)27-18)13-8-12-2-1-7-25-17(12)15(22)9-13;21-15-10-14(9-13-7-4-8-24-17(13)15)19-18(12-5-2-1-3-6-12)26-20(23)16(11-22)25-19/h3-10,12H,1-2H3,(H2,27,30);2*2-9H,1H3,(H2,25,28);1-9H,(H2,24,27);1-10H,(H2,23,26). The van der Waals surface area contributed by atoms with Gasteiger partial charge in [-0.3, -0.25) is 24.9 Å². The first-order chi connectivity index (χ1) is 67.1. The molecule has 10 N–H and O–H groups in total. The second-order valence-corrected chi connectivity index (χ2v) is 32.3. The van der Waals surface area contributed by atoms with Crippen molar-refractivity contribution in [3.63, 3.8) is 0 Å². The first-order valence-corrected chi connectivity index (χ1v) is 43.0. The minimum atomic E-state index is -0.523. The van der Waals surface area contributed by atoms with Crippen LogP contribution in [0.2, 0.25) is 15.1 Å². The Kier molecular flexibility index (Phi) is 27.4. The molecule has 0 atom stereocenters. The number of hydrogen-bond acceptors (Lipinski definition) is 25. The fraction of sp³-hybridized carbons (Fsp3) is 0.0476. The fourth-order valence-corrected chi connectivity index (χ4v) is 16.0. The zero-order valence-electron chi connectivity index (χ0n) is 73.1. The number of halogens is 9. The van der Waals surface area contributed by atoms with Gasteiger partial charge in [-0.1, -0.05) is 97.2 Å². The van der Waals surface area contributed by atoms with Crippen molar-refractivity contribution in [1.82, 2.24) is 74.8 Å². The molecule has 0 aliphatic heterocycles. The lowest BCUT2D eigenvalue weighted by atomic mass is 9.96. The van der Waals surface area contributed by atoms with Crippen molar-refractivity contribution in [2.45, 2.75) is 33.6 Å². The van der Waals surface area contributed by atoms with Crippen LogP contribution in [0.15, 0.2) is 262 Å². The molecule has 674 valence electrons. The van der Waals surface area contributed by atoms with Crippen LogP contribution < -0.4 is 28.7 Å². The molecule has 20 aromatic rings. The maximum Gasteiger partial charge on any atom is 0.183 e. The number of rotatable bonds is 11. The molecule has 20 rings (SSSR count). The van der Waals surface area contributed by atoms with Gasteiger partial charge >= 0.3 is 0 Å². The molecule has 10 aromatic carbocycles. The Morgan fingerprint density at radius 3 is 0.942 bits per heavy atom. The van der Waals surface area contributed by atoms with Crippen molar-refractivity contribution in [2.75, 3.05) is 28.7 Å². The SMILES string of the molecule is CC(C)c1ccnc2c(Cl)cc(-c3nc(C#N)c(N)nc3-c3ccc(F)cc3)cc12.Cc1c(-c2nc(C#N)c(N)nc2-c2ccc(F)cc2)cc(Cl)c2ncccc12.Cc1ccnc2c(Cl)cc(-c3nc(C#N)c(N)nc3-c3ccc(F)cc3)cc12.N#Cc1nc(-c2cc(F)c3ncccc3c2)c(-c2ccc(F)cc2)nc1N.N#Cc1nc(-c2cc(F)c3ncccc3c2)c(-c2ccccc2)nc1N. The highest BCUT2D eigenvalue weighted by Crippen LogP contribution is 2.44. The number of nitrogen functional groups attached to an aromatic ring is 5. The predicted molar refractivity (Wildman–Crippen MR) is 525 cm³/mol. The van der Waals surface area contributed by atoms with Crippen LogP contribution in [-0.2, 0) is 0 Å². The van der Waals surface area contributed by atoms with Gasteiger partial charge in [0, 0.05) is 114 Å². The van der Waals surface area contributed by atoms with Gasteiger partial charge in [0.1, 0.15) is 76.3 Å². The van der Waals surface area contributed by atoms with E-state index >= 15 is 0 Å². The van der Waals surface area contributed by atoms with Gasteiger partial charge in [0.15, 0.2) is 57.6 Å². The Bertz CT molecular complexity index is 8500. The number of nitrogens with zero attached hydrogens (tertiary/aromatic N) is 20. The molecule has 34 heteroatoms. The molecule has 25 nitrogen and oxygen atoms in total. The maximum absolute atomic E-state index is 14.5. The van der Waals surface area contributed by atoms with E-state index in [1.807, 2.05) is 111 Å². The van der Waals surface area contributed by atoms with Crippen molar-refractivity contribution >= 4 is 118 Å². The van der Waals surface area contributed by atoms with Crippen LogP contribution in [0.4, 0.5) is 55.4 Å². The molecule has 0 aliphatic carbocycles. The molecular weight excluding hydrogens is 1830 g/mol. The van der Waals surface area contributed by atoms with Crippen molar-refractivity contribution in [3.05, 3.63) is 357 Å². The Morgan fingerprint density at radius 1 is 0.273 bits per heavy atom. The van der Waals surface area contributed by atoms with Crippen molar-refractivity contribution in [1.29, 1.82) is 26.3 Å². The van der Waals surface area contributed by atoms with E-state index in [4.69, 9.17) is 63.5 Å². The summed E-state index contributed by atoms with van der Waals surface area (Å²) in [6, 6.07) is 71.9. The van der Waals surface area contributed by atoms with E-state index in [0.29, 0.717) is 144 Å². The second-order valence-electron chi connectivity index (χ2n) is 31.1. The summed E-state index contributed by atoms with van der Waals surface area (Å²) in [4.78, 5) is 64.9. The normalized spacial score (nSPS) is 10.8. The first kappa shape index (κ1) is 93.8. The quantitative estimate of drug-likeness (QED) is 0.0751. The number of hydrogen-bond donors (Lipinski definition) is 5. The molecule has 10 heterocycles. The van der Waals surface area contributed by atoms with Crippen LogP contribution in [0.5, 0.6) is 0 Å². The van der Waals surface area contributed by atoms with E-state index in [0.717, 1.165) is 38.4 Å². The van der Waals surface area contributed by atoms with Gasteiger partial charge < -0.3 is 28.7 Å². The fourth-order valence-electron chi connectivity index (χ4n) is 15.2. The number of nitrogens with two attached hydrogens (primary N) is 5. The number of nitriles is 5. The molecule has 0 aliphatic rings. The highest BCUT2D eigenvalue weighted by molar-refractivity contribution is 6.36. The van der Waals surface area contributed by atoms with Crippen LogP contribution in [-0.4, -0.2) is 74.8 Å². The lowest BCUT2D eigenvalue weighted by Crippen LogP contribution is -2.04. The van der Waals surface area contributed by atoms with E-state index in [1.165, 1.54) is 85.2 Å². The number of aryl methyl sites for hydroxylation is 2. The first-order valence-electron chi connectivity index (χ1n) is 41.8. The highest BCUT2D eigenvalue weighted by Gasteiger charge is 2.26. The summed E-state index contributed by atoms with van der Waals surface area (Å²) in [6.07, 6.45) is 8.16. The third-order valence-electron chi connectivity index (χ3n) is 21.9. The number of aromatic nitrogens is 15. The average Bonchev–Trinajstić information content (AvgIpc) is 0.762. The van der Waals surface area contributed by atoms with E-state index in [2.05, 4.69) is 88.6 Å². The van der Waals surface area contributed by atoms with Crippen LogP contribution >= 0.6 is 34.8 Å². The zero-order chi connectivity index (χ0) is 98.1. The van der Waals surface area contributed by atoms with E-state index in [-0.39, 0.29) is 97.7 Å². The summed E-state index contributed by atoms with van der Waals surface area (Å²) in [5.74, 6) is -2.21. The molecule has 0 unspecified atom stereocenters. The minimum absolute atomic E-state index is 0.00590. The summed E-state index contributed by atoms with van der Waals surface area (Å²) < 4.78 is 82.5. The summed E-state index contributed by atoms with van der Waals surface area (Å²) in [5.41, 5.74) is 45.2. The molecule has 0 spiro atoms. The second kappa shape index (κ2) is 40.6. The number of benzene rings is 10. The predicted octanol–water partition coefficient (Wildman–Crippen LogP) is 23.6. The largest absolute Gasteiger partial charge is 0.381 e. The van der Waals surface area contributed by atoms with Gasteiger partial charge in [0.25, 0.3) is 0 Å². The summed E-state index contributed by atoms with van der Waals surface area (Å²) in [6.45, 7) is 8.07. The molecule has 0 radical (unpaired) electrons. The van der Waals surface area contributed by atoms with E-state index in [9.17, 15) is 52.7 Å². The molecule has 10 aromatic heterocycles. The van der Waals surface area contributed by atoms with Crippen LogP contribution in [0, 0.1) is 105 Å². The summed E-state index contributed by atoms with van der Waals surface area (Å²) >= 11 is 19.5. The smallest absolute Gasteiger partial charge is 0.183 e. The third-order valence-corrected chi connectivity index (χ3v) is 22.8. The Balaban J connectivity index is 0.000000126. The highest BCUT2D eigenvalue weighted by atomic mass is 35.5. The Morgan fingerprint density at radius 2 is 0.568 bits per heavy atom. The van der Waals surface area contributed by atoms with Gasteiger partial charge in [-0.05, 0) is 218 Å². The van der Waals surface area contributed by atoms with E-state index < -0.39 is 17.5 Å². The monoisotopic (exact) mass is 1900 g/mol. The number of anilines is 5. The lowest BCUT2D eigenvalue weighted by molar-refractivity contribution is 0.627. The third kappa shape index (κ3) is 19.8. The molecule has 0 bridgehead atoms. The van der Waals surface area contributed by atoms with Gasteiger partial charge in [-0.25, -0.2) is 76.2 Å². The summed E-state index contributed by atoms with van der Waals surface area (Å²) in [5, 5.41) is 51.9. The van der Waals surface area contributed by atoms with Gasteiger partial charge in [0.05, 0.1) is 88.6 Å². The maximum atomic E-state index is 14.5. The van der Waals surface area contributed by atoms with Gasteiger partial charge in [-0.2, -0.15) is 26.3 Å². The molecule has 139 heavy (non-hydrogen) atoms. The zero-order valence-corrected chi connectivity index (χ0v) is 75.4.